The molecule has 1 aromatic heterocycles. The number of nitrogens with one attached hydrogen (secondary N) is 1. The summed E-state index contributed by atoms with van der Waals surface area (Å²) in [5.74, 6) is 1.13. The lowest BCUT2D eigenvalue weighted by Gasteiger charge is -2.03. The van der Waals surface area contributed by atoms with E-state index in [0.717, 1.165) is 14.4 Å². The number of carbonyl (C=O) groups is 1. The highest BCUT2D eigenvalue weighted by Crippen LogP contribution is 2.28. The minimum Gasteiger partial charge on any atom is -0.325 e. The number of nitrogens with zero attached hydrogens (tertiary/aromatic N) is 3. The average Bonchev–Trinajstić information content (AvgIpc) is 2.94. The molecule has 0 radical (unpaired) electrons. The molecule has 0 fully saturated rings. The third-order valence-corrected chi connectivity index (χ3v) is 5.35. The third kappa shape index (κ3) is 5.04. The molecule has 8 heteroatoms. The first-order chi connectivity index (χ1) is 10.2. The van der Waals surface area contributed by atoms with E-state index in [-0.39, 0.29) is 11.7 Å². The van der Waals surface area contributed by atoms with Crippen LogP contribution in [0.1, 0.15) is 12.5 Å². The molecule has 0 spiro atoms. The number of nitriles is 1. The Morgan fingerprint density at radius 2 is 1.95 bits per heavy atom. The van der Waals surface area contributed by atoms with Gasteiger partial charge in [0.05, 0.1) is 17.4 Å². The highest BCUT2D eigenvalue weighted by molar-refractivity contribution is 8.03. The molecule has 0 saturated heterocycles. The zero-order valence-electron chi connectivity index (χ0n) is 11.2. The number of anilines is 1. The average molecular weight is 336 g/mol. The van der Waals surface area contributed by atoms with Crippen LogP contribution in [0.5, 0.6) is 0 Å². The van der Waals surface area contributed by atoms with Crippen molar-refractivity contribution in [3.63, 3.8) is 0 Å². The van der Waals surface area contributed by atoms with E-state index < -0.39 is 0 Å². The topological polar surface area (TPSA) is 78.7 Å². The molecule has 0 unspecified atom stereocenters. The molecule has 21 heavy (non-hydrogen) atoms. The Morgan fingerprint density at radius 3 is 2.57 bits per heavy atom. The van der Waals surface area contributed by atoms with Crippen molar-refractivity contribution in [3.05, 3.63) is 29.8 Å². The normalized spacial score (nSPS) is 10.1. The summed E-state index contributed by atoms with van der Waals surface area (Å²) in [6, 6.07) is 8.79. The quantitative estimate of drug-likeness (QED) is 0.816. The number of amides is 1. The summed E-state index contributed by atoms with van der Waals surface area (Å²) in [5.41, 5.74) is 1.25. The fraction of sp³-hybridized carbons (Fsp3) is 0.231. The largest absolute Gasteiger partial charge is 0.325 e. The summed E-state index contributed by atoms with van der Waals surface area (Å²) in [6.07, 6.45) is 0. The van der Waals surface area contributed by atoms with Gasteiger partial charge in [-0.25, -0.2) is 0 Å². The molecule has 2 rings (SSSR count). The van der Waals surface area contributed by atoms with E-state index >= 15 is 0 Å². The maximum Gasteiger partial charge on any atom is 0.234 e. The van der Waals surface area contributed by atoms with Gasteiger partial charge in [-0.2, -0.15) is 5.26 Å². The second kappa shape index (κ2) is 8.02. The van der Waals surface area contributed by atoms with Crippen molar-refractivity contribution in [1.82, 2.24) is 10.2 Å². The molecule has 1 N–H and O–H groups in total. The van der Waals surface area contributed by atoms with Crippen LogP contribution in [-0.2, 0) is 4.79 Å². The van der Waals surface area contributed by atoms with Gasteiger partial charge in [0.1, 0.15) is 0 Å². The van der Waals surface area contributed by atoms with Crippen molar-refractivity contribution in [2.24, 2.45) is 0 Å². The molecule has 0 saturated carbocycles. The van der Waals surface area contributed by atoms with Crippen LogP contribution in [0, 0.1) is 11.3 Å². The van der Waals surface area contributed by atoms with Gasteiger partial charge in [-0.1, -0.05) is 41.8 Å². The van der Waals surface area contributed by atoms with Crippen LogP contribution in [0.25, 0.3) is 0 Å². The molecule has 0 aliphatic heterocycles. The van der Waals surface area contributed by atoms with Crippen molar-refractivity contribution in [1.29, 1.82) is 5.26 Å². The number of thioether (sulfide) groups is 2. The summed E-state index contributed by atoms with van der Waals surface area (Å²) in [5, 5.41) is 19.6. The van der Waals surface area contributed by atoms with Gasteiger partial charge in [-0.15, -0.1) is 10.2 Å². The maximum absolute atomic E-state index is 11.8. The Morgan fingerprint density at radius 1 is 1.29 bits per heavy atom. The van der Waals surface area contributed by atoms with Gasteiger partial charge in [-0.05, 0) is 30.0 Å². The van der Waals surface area contributed by atoms with Gasteiger partial charge < -0.3 is 5.32 Å². The zero-order chi connectivity index (χ0) is 15.1. The highest BCUT2D eigenvalue weighted by atomic mass is 32.2. The molecule has 1 heterocycles. The predicted molar refractivity (Wildman–Crippen MR) is 86.8 cm³/mol. The number of carbonyl (C=O) groups excluding carboxylic acids is 1. The van der Waals surface area contributed by atoms with Crippen molar-refractivity contribution in [2.45, 2.75) is 15.6 Å². The van der Waals surface area contributed by atoms with E-state index in [2.05, 4.69) is 22.4 Å². The highest BCUT2D eigenvalue weighted by Gasteiger charge is 2.08. The van der Waals surface area contributed by atoms with E-state index in [1.165, 1.54) is 23.1 Å². The van der Waals surface area contributed by atoms with Crippen LogP contribution >= 0.6 is 34.9 Å². The molecular formula is C13H12N4OS3. The van der Waals surface area contributed by atoms with Gasteiger partial charge in [0.2, 0.25) is 5.91 Å². The predicted octanol–water partition coefficient (Wildman–Crippen LogP) is 3.25. The Bertz CT molecular complexity index is 648. The van der Waals surface area contributed by atoms with E-state index in [0.29, 0.717) is 11.3 Å². The first-order valence-electron chi connectivity index (χ1n) is 6.10. The van der Waals surface area contributed by atoms with E-state index in [9.17, 15) is 4.79 Å². The molecular weight excluding hydrogens is 324 g/mol. The molecule has 5 nitrogen and oxygen atoms in total. The standard InChI is InChI=1S/C13H12N4OS3/c1-2-19-12-16-17-13(21-12)20-8-11(18)15-10-5-3-9(7-14)4-6-10/h3-6H,2,8H2,1H3,(H,15,18). The first kappa shape index (κ1) is 15.8. The lowest BCUT2D eigenvalue weighted by molar-refractivity contribution is -0.113. The summed E-state index contributed by atoms with van der Waals surface area (Å²) >= 11 is 4.51. The van der Waals surface area contributed by atoms with Crippen LogP contribution < -0.4 is 5.32 Å². The minimum absolute atomic E-state index is 0.107. The van der Waals surface area contributed by atoms with E-state index in [1.54, 1.807) is 36.0 Å². The number of aromatic nitrogens is 2. The maximum atomic E-state index is 11.8. The van der Waals surface area contributed by atoms with Crippen molar-refractivity contribution in [2.75, 3.05) is 16.8 Å². The second-order valence-electron chi connectivity index (χ2n) is 3.79. The molecule has 108 valence electrons. The van der Waals surface area contributed by atoms with Gasteiger partial charge in [0.25, 0.3) is 0 Å². The molecule has 1 amide bonds. The molecule has 0 atom stereocenters. The van der Waals surface area contributed by atoms with Gasteiger partial charge in [0.15, 0.2) is 8.68 Å². The van der Waals surface area contributed by atoms with Crippen molar-refractivity contribution < 1.29 is 4.79 Å². The number of hydrogen-bond donors (Lipinski definition) is 1. The van der Waals surface area contributed by atoms with Gasteiger partial charge in [-0.3, -0.25) is 4.79 Å². The van der Waals surface area contributed by atoms with Crippen LogP contribution in [-0.4, -0.2) is 27.6 Å². The molecule has 0 bridgehead atoms. The first-order valence-corrected chi connectivity index (χ1v) is 8.89. The summed E-state index contributed by atoms with van der Waals surface area (Å²) in [7, 11) is 0. The fourth-order valence-electron chi connectivity index (χ4n) is 1.39. The monoisotopic (exact) mass is 336 g/mol. The molecule has 0 aliphatic carbocycles. The third-order valence-electron chi connectivity index (χ3n) is 2.28. The summed E-state index contributed by atoms with van der Waals surface area (Å²) in [4.78, 5) is 11.8. The van der Waals surface area contributed by atoms with E-state index in [1.807, 2.05) is 6.07 Å². The van der Waals surface area contributed by atoms with E-state index in [4.69, 9.17) is 5.26 Å². The Balaban J connectivity index is 1.82. The summed E-state index contributed by atoms with van der Waals surface area (Å²) < 4.78 is 1.72. The number of benzene rings is 1. The number of hydrogen-bond acceptors (Lipinski definition) is 7. The summed E-state index contributed by atoms with van der Waals surface area (Å²) in [6.45, 7) is 2.06. The van der Waals surface area contributed by atoms with Crippen LogP contribution in [0.3, 0.4) is 0 Å². The Hall–Kier alpha value is -1.56. The van der Waals surface area contributed by atoms with Crippen molar-refractivity contribution >= 4 is 46.5 Å². The van der Waals surface area contributed by atoms with Crippen LogP contribution in [0.15, 0.2) is 32.9 Å². The Labute approximate surface area is 135 Å². The van der Waals surface area contributed by atoms with Gasteiger partial charge >= 0.3 is 0 Å². The van der Waals surface area contributed by atoms with Crippen molar-refractivity contribution in [3.8, 4) is 6.07 Å². The smallest absolute Gasteiger partial charge is 0.234 e. The second-order valence-corrected chi connectivity index (χ2v) is 7.50. The van der Waals surface area contributed by atoms with Crippen LogP contribution in [0.2, 0.25) is 0 Å². The lowest BCUT2D eigenvalue weighted by Crippen LogP contribution is -2.13. The molecule has 0 aliphatic rings. The number of rotatable bonds is 6. The van der Waals surface area contributed by atoms with Gasteiger partial charge in [0, 0.05) is 5.69 Å². The lowest BCUT2D eigenvalue weighted by atomic mass is 10.2. The SMILES string of the molecule is CCSc1nnc(SCC(=O)Nc2ccc(C#N)cc2)s1. The molecule has 2 aromatic rings. The Kier molecular flexibility index (Phi) is 6.04. The zero-order valence-corrected chi connectivity index (χ0v) is 13.6. The molecule has 1 aromatic carbocycles. The fourth-order valence-corrected chi connectivity index (χ4v) is 4.11. The minimum atomic E-state index is -0.107. The van der Waals surface area contributed by atoms with Crippen LogP contribution in [0.4, 0.5) is 5.69 Å².